The Bertz CT molecular complexity index is 1360. The van der Waals surface area contributed by atoms with Crippen molar-refractivity contribution in [1.82, 2.24) is 0 Å². The summed E-state index contributed by atoms with van der Waals surface area (Å²) in [5.41, 5.74) is 8.90. The Morgan fingerprint density at radius 3 is 2.51 bits per heavy atom. The predicted molar refractivity (Wildman–Crippen MR) is 146 cm³/mol. The number of methoxy groups -OCH3 is 1. The van der Waals surface area contributed by atoms with Crippen molar-refractivity contribution in [3.63, 3.8) is 0 Å². The number of nitrogens with one attached hydrogen (secondary N) is 1. The number of carbonyl (C=O) groups excluding carboxylic acids is 1. The Labute approximate surface area is 229 Å². The SMILES string of the molecule is Br.COCCOCC(OC(=O)c1ccccc1)c1c2ccc(=N)c(Br)c-2oc2c(Br)c(N)ccc12. The fraction of sp³-hybridized carbons (Fsp3) is 0.200. The maximum absolute atomic E-state index is 13.0. The summed E-state index contributed by atoms with van der Waals surface area (Å²) in [5, 5.41) is 9.17. The smallest absolute Gasteiger partial charge is 0.338 e. The van der Waals surface area contributed by atoms with Crippen molar-refractivity contribution in [2.75, 3.05) is 32.7 Å². The van der Waals surface area contributed by atoms with Crippen LogP contribution in [0.5, 0.6) is 0 Å². The van der Waals surface area contributed by atoms with Crippen molar-refractivity contribution in [3.05, 3.63) is 80.0 Å². The Morgan fingerprint density at radius 1 is 1.06 bits per heavy atom. The lowest BCUT2D eigenvalue weighted by Gasteiger charge is -2.24. The molecule has 1 aliphatic heterocycles. The minimum absolute atomic E-state index is 0. The predicted octanol–water partition coefficient (Wildman–Crippen LogP) is 6.26. The molecule has 0 fully saturated rings. The summed E-state index contributed by atoms with van der Waals surface area (Å²) in [7, 11) is 1.59. The lowest BCUT2D eigenvalue weighted by atomic mass is 9.95. The number of ether oxygens (including phenoxy) is 3. The Kier molecular flexibility index (Phi) is 9.48. The number of anilines is 1. The minimum Gasteiger partial charge on any atom is -0.454 e. The molecular weight excluding hydrogens is 648 g/mol. The van der Waals surface area contributed by atoms with Crippen molar-refractivity contribution in [2.24, 2.45) is 0 Å². The number of halogens is 3. The zero-order valence-electron chi connectivity index (χ0n) is 18.7. The highest BCUT2D eigenvalue weighted by Gasteiger charge is 2.29. The summed E-state index contributed by atoms with van der Waals surface area (Å²) in [6.07, 6.45) is -0.773. The molecule has 0 aromatic heterocycles. The van der Waals surface area contributed by atoms with Crippen LogP contribution in [-0.2, 0) is 14.2 Å². The molecule has 1 unspecified atom stereocenters. The maximum Gasteiger partial charge on any atom is 0.338 e. The first-order valence-corrected chi connectivity index (χ1v) is 12.0. The number of fused-ring (bicyclic) bond motifs is 2. The van der Waals surface area contributed by atoms with E-state index in [-0.39, 0.29) is 28.9 Å². The third-order valence-electron chi connectivity index (χ3n) is 5.29. The van der Waals surface area contributed by atoms with E-state index in [1.165, 1.54) is 0 Å². The summed E-state index contributed by atoms with van der Waals surface area (Å²) in [6, 6.07) is 15.8. The second-order valence-electron chi connectivity index (χ2n) is 7.49. The second kappa shape index (κ2) is 12.1. The van der Waals surface area contributed by atoms with Gasteiger partial charge in [0.2, 0.25) is 0 Å². The van der Waals surface area contributed by atoms with Gasteiger partial charge in [-0.1, -0.05) is 18.2 Å². The molecule has 7 nitrogen and oxygen atoms in total. The summed E-state index contributed by atoms with van der Waals surface area (Å²) in [4.78, 5) is 13.0. The van der Waals surface area contributed by atoms with Gasteiger partial charge in [0, 0.05) is 29.3 Å². The van der Waals surface area contributed by atoms with Crippen LogP contribution in [0.4, 0.5) is 5.69 Å². The van der Waals surface area contributed by atoms with Crippen molar-refractivity contribution in [2.45, 2.75) is 6.10 Å². The van der Waals surface area contributed by atoms with Crippen molar-refractivity contribution >= 4 is 71.5 Å². The maximum atomic E-state index is 13.0. The van der Waals surface area contributed by atoms with Crippen LogP contribution in [0.15, 0.2) is 68.0 Å². The van der Waals surface area contributed by atoms with Crippen LogP contribution < -0.4 is 11.1 Å². The van der Waals surface area contributed by atoms with Gasteiger partial charge in [-0.15, -0.1) is 17.0 Å². The number of carbonyl (C=O) groups is 1. The number of rotatable bonds is 8. The quantitative estimate of drug-likeness (QED) is 0.0992. The normalized spacial score (nSPS) is 11.9. The molecule has 3 N–H and O–H groups in total. The van der Waals surface area contributed by atoms with Gasteiger partial charge in [-0.3, -0.25) is 5.41 Å². The first-order valence-electron chi connectivity index (χ1n) is 10.4. The monoisotopic (exact) mass is 668 g/mol. The Hall–Kier alpha value is -2.24. The molecule has 1 heterocycles. The molecular formula is C25H23Br3N2O5. The summed E-state index contributed by atoms with van der Waals surface area (Å²) in [6.45, 7) is 0.833. The molecule has 0 radical (unpaired) electrons. The van der Waals surface area contributed by atoms with E-state index in [1.54, 1.807) is 49.6 Å². The number of hydrogen-bond acceptors (Lipinski definition) is 7. The summed E-state index contributed by atoms with van der Waals surface area (Å²) >= 11 is 6.99. The molecule has 2 aromatic rings. The van der Waals surface area contributed by atoms with Gasteiger partial charge >= 0.3 is 5.97 Å². The van der Waals surface area contributed by atoms with Gasteiger partial charge in [0.05, 0.1) is 39.7 Å². The molecule has 2 aromatic carbocycles. The van der Waals surface area contributed by atoms with E-state index >= 15 is 0 Å². The largest absolute Gasteiger partial charge is 0.454 e. The Balaban J connectivity index is 0.00000342. The van der Waals surface area contributed by atoms with E-state index in [0.717, 1.165) is 0 Å². The number of benzene rings is 3. The van der Waals surface area contributed by atoms with Gasteiger partial charge in [-0.25, -0.2) is 4.79 Å². The van der Waals surface area contributed by atoms with Gasteiger partial charge in [-0.05, 0) is 68.3 Å². The topological polar surface area (TPSA) is 108 Å². The summed E-state index contributed by atoms with van der Waals surface area (Å²) < 4.78 is 24.2. The van der Waals surface area contributed by atoms with E-state index < -0.39 is 12.1 Å². The standard InChI is InChI=1S/C25H22Br2N2O5.BrH/c1-31-11-12-32-13-19(33-25(30)14-5-3-2-4-6-14)20-15-7-9-17(28)21(26)23(15)34-24-16(20)8-10-18(29)22(24)27;/h2-10,19,28H,11-13,29H2,1H3;1H. The molecule has 2 aliphatic rings. The van der Waals surface area contributed by atoms with Crippen LogP contribution in [-0.4, -0.2) is 32.9 Å². The molecule has 0 amide bonds. The minimum atomic E-state index is -0.773. The molecule has 0 bridgehead atoms. The van der Waals surface area contributed by atoms with Crippen LogP contribution in [0.2, 0.25) is 0 Å². The molecule has 184 valence electrons. The van der Waals surface area contributed by atoms with Crippen LogP contribution in [0.3, 0.4) is 0 Å². The third-order valence-corrected chi connectivity index (χ3v) is 6.90. The fourth-order valence-electron chi connectivity index (χ4n) is 3.63. The molecule has 0 saturated carbocycles. The van der Waals surface area contributed by atoms with Crippen molar-refractivity contribution in [3.8, 4) is 11.3 Å². The molecule has 1 atom stereocenters. The lowest BCUT2D eigenvalue weighted by Crippen LogP contribution is -2.20. The van der Waals surface area contributed by atoms with Crippen LogP contribution in [0.1, 0.15) is 22.0 Å². The average molecular weight is 671 g/mol. The van der Waals surface area contributed by atoms with Crippen LogP contribution in [0.25, 0.3) is 22.3 Å². The van der Waals surface area contributed by atoms with Gasteiger partial charge in [-0.2, -0.15) is 0 Å². The fourth-order valence-corrected chi connectivity index (χ4v) is 4.48. The molecule has 0 spiro atoms. The first kappa shape index (κ1) is 27.3. The van der Waals surface area contributed by atoms with E-state index in [4.69, 9.17) is 29.8 Å². The highest BCUT2D eigenvalue weighted by Crippen LogP contribution is 2.44. The molecule has 35 heavy (non-hydrogen) atoms. The lowest BCUT2D eigenvalue weighted by molar-refractivity contribution is -0.0140. The van der Waals surface area contributed by atoms with Crippen LogP contribution in [0, 0.1) is 5.41 Å². The van der Waals surface area contributed by atoms with Gasteiger partial charge in [0.15, 0.2) is 17.4 Å². The van der Waals surface area contributed by atoms with Gasteiger partial charge < -0.3 is 24.4 Å². The summed E-state index contributed by atoms with van der Waals surface area (Å²) in [5.74, 6) is -0.0346. The number of nitrogen functional groups attached to an aromatic ring is 1. The van der Waals surface area contributed by atoms with Gasteiger partial charge in [0.1, 0.15) is 0 Å². The average Bonchev–Trinajstić information content (AvgIpc) is 2.85. The van der Waals surface area contributed by atoms with E-state index in [0.29, 0.717) is 61.3 Å². The molecule has 4 rings (SSSR count). The zero-order chi connectivity index (χ0) is 24.2. The molecule has 1 aliphatic carbocycles. The Morgan fingerprint density at radius 2 is 1.80 bits per heavy atom. The third kappa shape index (κ3) is 5.78. The van der Waals surface area contributed by atoms with E-state index in [2.05, 4.69) is 31.9 Å². The molecule has 0 saturated heterocycles. The van der Waals surface area contributed by atoms with Crippen molar-refractivity contribution in [1.29, 1.82) is 5.41 Å². The second-order valence-corrected chi connectivity index (χ2v) is 9.08. The first-order chi connectivity index (χ1) is 16.4. The van der Waals surface area contributed by atoms with Gasteiger partial charge in [0.25, 0.3) is 0 Å². The van der Waals surface area contributed by atoms with E-state index in [1.807, 2.05) is 12.1 Å². The van der Waals surface area contributed by atoms with E-state index in [9.17, 15) is 4.79 Å². The zero-order valence-corrected chi connectivity index (χ0v) is 23.6. The molecule has 10 heteroatoms. The highest BCUT2D eigenvalue weighted by atomic mass is 79.9. The number of nitrogens with two attached hydrogens (primary N) is 1. The number of hydrogen-bond donors (Lipinski definition) is 2. The number of esters is 1. The highest BCUT2D eigenvalue weighted by molar-refractivity contribution is 9.11. The van der Waals surface area contributed by atoms with Crippen molar-refractivity contribution < 1.29 is 23.4 Å². The van der Waals surface area contributed by atoms with Crippen LogP contribution >= 0.6 is 48.8 Å².